The Labute approximate surface area is 165 Å². The van der Waals surface area contributed by atoms with Crippen LogP contribution in [0.5, 0.6) is 0 Å². The van der Waals surface area contributed by atoms with E-state index in [0.29, 0.717) is 26.3 Å². The summed E-state index contributed by atoms with van der Waals surface area (Å²) in [6, 6.07) is 15.9. The number of morpholine rings is 1. The average molecular weight is 379 g/mol. The van der Waals surface area contributed by atoms with Crippen LogP contribution in [-0.4, -0.2) is 49.6 Å². The third-order valence-electron chi connectivity index (χ3n) is 5.33. The summed E-state index contributed by atoms with van der Waals surface area (Å²) in [4.78, 5) is 29.1. The summed E-state index contributed by atoms with van der Waals surface area (Å²) in [5.74, 6) is -0.402. The van der Waals surface area contributed by atoms with Gasteiger partial charge in [0.25, 0.3) is 0 Å². The number of carbonyl (C=O) groups excluding carboxylic acids is 2. The number of para-hydroxylation sites is 2. The van der Waals surface area contributed by atoms with E-state index in [0.717, 1.165) is 30.9 Å². The van der Waals surface area contributed by atoms with E-state index in [2.05, 4.69) is 16.3 Å². The fraction of sp³-hybridized carbons (Fsp3) is 0.364. The molecule has 146 valence electrons. The summed E-state index contributed by atoms with van der Waals surface area (Å²) >= 11 is 0. The number of hydrogen-bond acceptors (Lipinski definition) is 4. The second-order valence-electron chi connectivity index (χ2n) is 7.18. The number of hydrogen-bond donors (Lipinski definition) is 1. The molecule has 1 N–H and O–H groups in total. The molecule has 1 saturated heterocycles. The molecule has 6 nitrogen and oxygen atoms in total. The molecule has 2 heterocycles. The molecule has 28 heavy (non-hydrogen) atoms. The molecule has 0 aliphatic carbocycles. The standard InChI is InChI=1S/C22H25N3O3/c26-21(15-22(27)25-10-9-17-5-1-2-6-18(17)16-25)23-19-7-3-4-8-20(19)24-11-13-28-14-12-24/h1-8H,9-16H2,(H,23,26). The van der Waals surface area contributed by atoms with Crippen LogP contribution < -0.4 is 10.2 Å². The van der Waals surface area contributed by atoms with Crippen molar-refractivity contribution in [3.05, 3.63) is 59.7 Å². The van der Waals surface area contributed by atoms with Crippen LogP contribution in [0.2, 0.25) is 0 Å². The largest absolute Gasteiger partial charge is 0.378 e. The summed E-state index contributed by atoms with van der Waals surface area (Å²) in [5.41, 5.74) is 4.17. The molecule has 6 heteroatoms. The lowest BCUT2D eigenvalue weighted by Crippen LogP contribution is -2.38. The summed E-state index contributed by atoms with van der Waals surface area (Å²) in [6.07, 6.45) is 0.697. The van der Waals surface area contributed by atoms with Gasteiger partial charge in [-0.1, -0.05) is 36.4 Å². The van der Waals surface area contributed by atoms with Crippen molar-refractivity contribution in [3.8, 4) is 0 Å². The maximum Gasteiger partial charge on any atom is 0.233 e. The fourth-order valence-electron chi connectivity index (χ4n) is 3.81. The zero-order valence-corrected chi connectivity index (χ0v) is 15.9. The van der Waals surface area contributed by atoms with Crippen LogP contribution in [0.25, 0.3) is 0 Å². The molecule has 0 radical (unpaired) electrons. The second-order valence-corrected chi connectivity index (χ2v) is 7.18. The van der Waals surface area contributed by atoms with Crippen LogP contribution in [0.1, 0.15) is 17.5 Å². The van der Waals surface area contributed by atoms with Crippen LogP contribution in [0, 0.1) is 0 Å². The van der Waals surface area contributed by atoms with Crippen LogP contribution in [0.4, 0.5) is 11.4 Å². The Morgan fingerprint density at radius 3 is 2.46 bits per heavy atom. The Bertz CT molecular complexity index is 862. The zero-order chi connectivity index (χ0) is 19.3. The first-order valence-electron chi connectivity index (χ1n) is 9.77. The normalized spacial score (nSPS) is 16.4. The monoisotopic (exact) mass is 379 g/mol. The Hall–Kier alpha value is -2.86. The van der Waals surface area contributed by atoms with E-state index in [1.807, 2.05) is 42.5 Å². The predicted octanol–water partition coefficient (Wildman–Crippen LogP) is 2.44. The summed E-state index contributed by atoms with van der Waals surface area (Å²) in [5, 5.41) is 2.93. The van der Waals surface area contributed by atoms with Crippen molar-refractivity contribution >= 4 is 23.2 Å². The molecule has 4 rings (SSSR count). The first kappa shape index (κ1) is 18.5. The highest BCUT2D eigenvalue weighted by Crippen LogP contribution is 2.26. The van der Waals surface area contributed by atoms with Crippen LogP contribution >= 0.6 is 0 Å². The van der Waals surface area contributed by atoms with Crippen molar-refractivity contribution in [1.82, 2.24) is 4.90 Å². The van der Waals surface area contributed by atoms with Gasteiger partial charge in [0.1, 0.15) is 6.42 Å². The summed E-state index contributed by atoms with van der Waals surface area (Å²) in [6.45, 7) is 4.17. The minimum atomic E-state index is -0.274. The Balaban J connectivity index is 1.38. The third-order valence-corrected chi connectivity index (χ3v) is 5.33. The van der Waals surface area contributed by atoms with E-state index in [9.17, 15) is 9.59 Å². The van der Waals surface area contributed by atoms with Gasteiger partial charge < -0.3 is 19.9 Å². The summed E-state index contributed by atoms with van der Waals surface area (Å²) in [7, 11) is 0. The molecule has 0 unspecified atom stereocenters. The molecule has 1 fully saturated rings. The quantitative estimate of drug-likeness (QED) is 0.829. The van der Waals surface area contributed by atoms with E-state index in [1.54, 1.807) is 4.90 Å². The van der Waals surface area contributed by atoms with Crippen molar-refractivity contribution in [2.75, 3.05) is 43.1 Å². The van der Waals surface area contributed by atoms with E-state index in [1.165, 1.54) is 11.1 Å². The minimum Gasteiger partial charge on any atom is -0.378 e. The van der Waals surface area contributed by atoms with Gasteiger partial charge in [-0.25, -0.2) is 0 Å². The third kappa shape index (κ3) is 4.17. The lowest BCUT2D eigenvalue weighted by atomic mass is 10.00. The van der Waals surface area contributed by atoms with Gasteiger partial charge in [0.05, 0.1) is 24.6 Å². The number of amides is 2. The number of anilines is 2. The SMILES string of the molecule is O=C(CC(=O)N1CCc2ccccc2C1)Nc1ccccc1N1CCOCC1. The molecular weight excluding hydrogens is 354 g/mol. The first-order valence-corrected chi connectivity index (χ1v) is 9.77. The Morgan fingerprint density at radius 2 is 1.64 bits per heavy atom. The number of rotatable bonds is 4. The zero-order valence-electron chi connectivity index (χ0n) is 15.9. The lowest BCUT2D eigenvalue weighted by molar-refractivity contribution is -0.135. The number of ether oxygens (including phenoxy) is 1. The van der Waals surface area contributed by atoms with Gasteiger partial charge in [-0.05, 0) is 29.7 Å². The van der Waals surface area contributed by atoms with Crippen molar-refractivity contribution in [3.63, 3.8) is 0 Å². The van der Waals surface area contributed by atoms with E-state index in [4.69, 9.17) is 4.74 Å². The van der Waals surface area contributed by atoms with Crippen molar-refractivity contribution in [1.29, 1.82) is 0 Å². The highest BCUT2D eigenvalue weighted by Gasteiger charge is 2.23. The van der Waals surface area contributed by atoms with Gasteiger partial charge in [0.2, 0.25) is 11.8 Å². The van der Waals surface area contributed by atoms with Crippen LogP contribution in [0.3, 0.4) is 0 Å². The molecule has 0 spiro atoms. The highest BCUT2D eigenvalue weighted by molar-refractivity contribution is 6.05. The number of fused-ring (bicyclic) bond motifs is 1. The van der Waals surface area contributed by atoms with Gasteiger partial charge in [-0.15, -0.1) is 0 Å². The van der Waals surface area contributed by atoms with E-state index < -0.39 is 0 Å². The predicted molar refractivity (Wildman–Crippen MR) is 108 cm³/mol. The van der Waals surface area contributed by atoms with E-state index in [-0.39, 0.29) is 18.2 Å². The van der Waals surface area contributed by atoms with Crippen molar-refractivity contribution in [2.24, 2.45) is 0 Å². The van der Waals surface area contributed by atoms with Gasteiger partial charge >= 0.3 is 0 Å². The average Bonchev–Trinajstić information content (AvgIpc) is 2.74. The molecule has 0 aromatic heterocycles. The fourth-order valence-corrected chi connectivity index (χ4v) is 3.81. The van der Waals surface area contributed by atoms with E-state index >= 15 is 0 Å². The Kier molecular flexibility index (Phi) is 5.58. The molecule has 2 aromatic rings. The van der Waals surface area contributed by atoms with Crippen LogP contribution in [-0.2, 0) is 27.3 Å². The molecule has 0 saturated carbocycles. The second kappa shape index (κ2) is 8.44. The van der Waals surface area contributed by atoms with Gasteiger partial charge in [0, 0.05) is 26.2 Å². The first-order chi connectivity index (χ1) is 13.7. The molecule has 0 bridgehead atoms. The number of nitrogens with one attached hydrogen (secondary N) is 1. The van der Waals surface area contributed by atoms with Gasteiger partial charge in [0.15, 0.2) is 0 Å². The number of benzene rings is 2. The molecule has 2 aliphatic rings. The van der Waals surface area contributed by atoms with Gasteiger partial charge in [-0.3, -0.25) is 9.59 Å². The van der Waals surface area contributed by atoms with Crippen LogP contribution in [0.15, 0.2) is 48.5 Å². The number of nitrogens with zero attached hydrogens (tertiary/aromatic N) is 2. The molecule has 2 amide bonds. The highest BCUT2D eigenvalue weighted by atomic mass is 16.5. The molecular formula is C22H25N3O3. The van der Waals surface area contributed by atoms with Crippen molar-refractivity contribution in [2.45, 2.75) is 19.4 Å². The lowest BCUT2D eigenvalue weighted by Gasteiger charge is -2.31. The van der Waals surface area contributed by atoms with Crippen molar-refractivity contribution < 1.29 is 14.3 Å². The summed E-state index contributed by atoms with van der Waals surface area (Å²) < 4.78 is 5.41. The molecule has 0 atom stereocenters. The van der Waals surface area contributed by atoms with Gasteiger partial charge in [-0.2, -0.15) is 0 Å². The molecule has 2 aromatic carbocycles. The topological polar surface area (TPSA) is 61.9 Å². The number of carbonyl (C=O) groups is 2. The maximum absolute atomic E-state index is 12.6. The Morgan fingerprint density at radius 1 is 0.929 bits per heavy atom. The molecule has 2 aliphatic heterocycles. The minimum absolute atomic E-state index is 0.129. The maximum atomic E-state index is 12.6. The smallest absolute Gasteiger partial charge is 0.233 e.